The van der Waals surface area contributed by atoms with Crippen molar-refractivity contribution in [3.63, 3.8) is 0 Å². The molecule has 1 saturated heterocycles. The fourth-order valence-corrected chi connectivity index (χ4v) is 4.83. The lowest BCUT2D eigenvalue weighted by Crippen LogP contribution is -2.43. The van der Waals surface area contributed by atoms with Gasteiger partial charge >= 0.3 is 5.97 Å². The van der Waals surface area contributed by atoms with Crippen molar-refractivity contribution >= 4 is 5.97 Å². The molecule has 108 valence electrons. The zero-order chi connectivity index (χ0) is 13.3. The van der Waals surface area contributed by atoms with Crippen LogP contribution in [0.1, 0.15) is 64.2 Å². The number of hydrogen-bond acceptors (Lipinski definition) is 2. The van der Waals surface area contributed by atoms with Crippen molar-refractivity contribution < 1.29 is 14.6 Å². The minimum Gasteiger partial charge on any atom is -0.481 e. The lowest BCUT2D eigenvalue weighted by atomic mass is 9.67. The van der Waals surface area contributed by atoms with Crippen molar-refractivity contribution in [3.05, 3.63) is 0 Å². The van der Waals surface area contributed by atoms with E-state index >= 15 is 0 Å². The normalized spacial score (nSPS) is 38.4. The zero-order valence-corrected chi connectivity index (χ0v) is 11.8. The summed E-state index contributed by atoms with van der Waals surface area (Å²) in [6.07, 6.45) is 11.5. The number of aliphatic carboxylic acids is 1. The van der Waals surface area contributed by atoms with Crippen molar-refractivity contribution in [1.29, 1.82) is 0 Å². The third-order valence-electron chi connectivity index (χ3n) is 5.79. The van der Waals surface area contributed by atoms with Gasteiger partial charge in [0.15, 0.2) is 0 Å². The van der Waals surface area contributed by atoms with Gasteiger partial charge in [0.2, 0.25) is 0 Å². The highest BCUT2D eigenvalue weighted by molar-refractivity contribution is 5.70. The summed E-state index contributed by atoms with van der Waals surface area (Å²) in [4.78, 5) is 11.5. The van der Waals surface area contributed by atoms with E-state index in [1.54, 1.807) is 0 Å². The van der Waals surface area contributed by atoms with E-state index in [0.29, 0.717) is 11.8 Å². The lowest BCUT2D eigenvalue weighted by molar-refractivity contribution is -0.150. The summed E-state index contributed by atoms with van der Waals surface area (Å²) in [7, 11) is 0. The van der Waals surface area contributed by atoms with Gasteiger partial charge in [-0.2, -0.15) is 0 Å². The second kappa shape index (κ2) is 5.43. The first-order chi connectivity index (χ1) is 9.20. The molecule has 1 aliphatic heterocycles. The summed E-state index contributed by atoms with van der Waals surface area (Å²) < 4.78 is 6.10. The highest BCUT2D eigenvalue weighted by atomic mass is 16.5. The maximum atomic E-state index is 11.5. The standard InChI is InChI=1S/C16H26O3/c17-15(18)14-6-2-1-5-13(14)12-7-10-19-16(11-12)8-3-4-9-16/h12-14H,1-11H2,(H,17,18). The van der Waals surface area contributed by atoms with Crippen LogP contribution in [-0.2, 0) is 9.53 Å². The van der Waals surface area contributed by atoms with Gasteiger partial charge in [-0.25, -0.2) is 0 Å². The Morgan fingerprint density at radius 3 is 2.53 bits per heavy atom. The largest absolute Gasteiger partial charge is 0.481 e. The van der Waals surface area contributed by atoms with Crippen LogP contribution in [0.3, 0.4) is 0 Å². The summed E-state index contributed by atoms with van der Waals surface area (Å²) in [5, 5.41) is 9.46. The average Bonchev–Trinajstić information content (AvgIpc) is 2.86. The van der Waals surface area contributed by atoms with Crippen molar-refractivity contribution in [2.24, 2.45) is 17.8 Å². The molecule has 3 rings (SSSR count). The molecule has 1 spiro atoms. The smallest absolute Gasteiger partial charge is 0.306 e. The molecule has 3 aliphatic rings. The molecule has 0 bridgehead atoms. The molecule has 3 atom stereocenters. The minimum absolute atomic E-state index is 0.0877. The Balaban J connectivity index is 1.71. The second-order valence-electron chi connectivity index (χ2n) is 6.88. The predicted molar refractivity (Wildman–Crippen MR) is 73.0 cm³/mol. The maximum absolute atomic E-state index is 11.5. The van der Waals surface area contributed by atoms with Gasteiger partial charge < -0.3 is 9.84 Å². The van der Waals surface area contributed by atoms with E-state index < -0.39 is 5.97 Å². The number of hydrogen-bond donors (Lipinski definition) is 1. The molecule has 3 nitrogen and oxygen atoms in total. The molecule has 3 fully saturated rings. The van der Waals surface area contributed by atoms with Crippen LogP contribution in [0.5, 0.6) is 0 Å². The molecule has 2 aliphatic carbocycles. The Kier molecular flexibility index (Phi) is 3.84. The maximum Gasteiger partial charge on any atom is 0.306 e. The molecule has 1 heterocycles. The third-order valence-corrected chi connectivity index (χ3v) is 5.79. The highest BCUT2D eigenvalue weighted by Crippen LogP contribution is 2.47. The van der Waals surface area contributed by atoms with Crippen LogP contribution >= 0.6 is 0 Å². The fourth-order valence-electron chi connectivity index (χ4n) is 4.83. The van der Waals surface area contributed by atoms with E-state index in [4.69, 9.17) is 4.74 Å². The summed E-state index contributed by atoms with van der Waals surface area (Å²) in [6, 6.07) is 0. The van der Waals surface area contributed by atoms with Crippen molar-refractivity contribution in [3.8, 4) is 0 Å². The van der Waals surface area contributed by atoms with Crippen LogP contribution in [0.2, 0.25) is 0 Å². The van der Waals surface area contributed by atoms with Gasteiger partial charge in [-0.3, -0.25) is 4.79 Å². The molecule has 0 aromatic rings. The van der Waals surface area contributed by atoms with Gasteiger partial charge in [0.1, 0.15) is 0 Å². The minimum atomic E-state index is -0.559. The molecule has 0 radical (unpaired) electrons. The van der Waals surface area contributed by atoms with E-state index in [2.05, 4.69) is 0 Å². The van der Waals surface area contributed by atoms with Crippen LogP contribution in [0.25, 0.3) is 0 Å². The predicted octanol–water partition coefficient (Wildman–Crippen LogP) is 3.62. The van der Waals surface area contributed by atoms with Crippen LogP contribution in [0, 0.1) is 17.8 Å². The number of carboxylic acids is 1. The SMILES string of the molecule is O=C(O)C1CCCCC1C1CCOC2(CCCC2)C1. The third kappa shape index (κ3) is 2.67. The Labute approximate surface area is 115 Å². The van der Waals surface area contributed by atoms with E-state index in [1.165, 1.54) is 32.1 Å². The van der Waals surface area contributed by atoms with E-state index in [9.17, 15) is 9.90 Å². The Morgan fingerprint density at radius 2 is 1.79 bits per heavy atom. The zero-order valence-electron chi connectivity index (χ0n) is 11.8. The Hall–Kier alpha value is -0.570. The number of carbonyl (C=O) groups is 1. The lowest BCUT2D eigenvalue weighted by Gasteiger charge is -2.44. The molecule has 0 amide bonds. The summed E-state index contributed by atoms with van der Waals surface area (Å²) in [6.45, 7) is 0.855. The molecule has 0 aromatic carbocycles. The molecule has 2 saturated carbocycles. The van der Waals surface area contributed by atoms with Gasteiger partial charge in [0.05, 0.1) is 11.5 Å². The molecular weight excluding hydrogens is 240 g/mol. The highest BCUT2D eigenvalue weighted by Gasteiger charge is 2.45. The topological polar surface area (TPSA) is 46.5 Å². The quantitative estimate of drug-likeness (QED) is 0.830. The summed E-state index contributed by atoms with van der Waals surface area (Å²) in [5.41, 5.74) is 0.128. The molecule has 0 aromatic heterocycles. The number of rotatable bonds is 2. The first-order valence-electron chi connectivity index (χ1n) is 8.07. The van der Waals surface area contributed by atoms with Gasteiger partial charge in [0, 0.05) is 6.61 Å². The Bertz CT molecular complexity index is 333. The summed E-state index contributed by atoms with van der Waals surface area (Å²) >= 11 is 0. The summed E-state index contributed by atoms with van der Waals surface area (Å²) in [5.74, 6) is 0.354. The number of carboxylic acid groups (broad SMARTS) is 1. The number of ether oxygens (including phenoxy) is 1. The van der Waals surface area contributed by atoms with Crippen LogP contribution in [-0.4, -0.2) is 23.3 Å². The second-order valence-corrected chi connectivity index (χ2v) is 6.88. The van der Waals surface area contributed by atoms with Gasteiger partial charge in [-0.15, -0.1) is 0 Å². The van der Waals surface area contributed by atoms with Crippen molar-refractivity contribution in [2.75, 3.05) is 6.61 Å². The monoisotopic (exact) mass is 266 g/mol. The average molecular weight is 266 g/mol. The van der Waals surface area contributed by atoms with Gasteiger partial charge in [-0.1, -0.05) is 25.7 Å². The molecule has 3 unspecified atom stereocenters. The van der Waals surface area contributed by atoms with Gasteiger partial charge in [0.25, 0.3) is 0 Å². The first kappa shape index (κ1) is 13.4. The molecule has 3 heteroatoms. The van der Waals surface area contributed by atoms with Gasteiger partial charge in [-0.05, 0) is 50.4 Å². The van der Waals surface area contributed by atoms with Crippen molar-refractivity contribution in [2.45, 2.75) is 69.8 Å². The van der Waals surface area contributed by atoms with E-state index in [1.807, 2.05) is 0 Å². The molecule has 19 heavy (non-hydrogen) atoms. The van der Waals surface area contributed by atoms with Crippen molar-refractivity contribution in [1.82, 2.24) is 0 Å². The van der Waals surface area contributed by atoms with E-state index in [0.717, 1.165) is 38.7 Å². The van der Waals surface area contributed by atoms with Crippen LogP contribution in [0.4, 0.5) is 0 Å². The molecule has 1 N–H and O–H groups in total. The molecular formula is C16H26O3. The van der Waals surface area contributed by atoms with E-state index in [-0.39, 0.29) is 11.5 Å². The fraction of sp³-hybridized carbons (Fsp3) is 0.938. The first-order valence-corrected chi connectivity index (χ1v) is 8.07. The van der Waals surface area contributed by atoms with Crippen LogP contribution < -0.4 is 0 Å². The van der Waals surface area contributed by atoms with Crippen LogP contribution in [0.15, 0.2) is 0 Å². The Morgan fingerprint density at radius 1 is 1.05 bits per heavy atom.